The van der Waals surface area contributed by atoms with E-state index >= 15 is 0 Å². The fourth-order valence-electron chi connectivity index (χ4n) is 1.96. The van der Waals surface area contributed by atoms with Gasteiger partial charge in [-0.15, -0.1) is 0 Å². The van der Waals surface area contributed by atoms with Gasteiger partial charge in [0.25, 0.3) is 0 Å². The minimum atomic E-state index is -0.161. The van der Waals surface area contributed by atoms with E-state index in [4.69, 9.17) is 21.1 Å². The standard InChI is InChI=1S/C15H21ClN2O3/c1-3-21-14-12(16)6-11(7-13(14)20-2)9-18-15(19)17-8-10-4-5-10/h6-7,10H,3-5,8-9H2,1-2H3,(H2,17,18,19). The normalized spacial score (nSPS) is 13.7. The third kappa shape index (κ3) is 4.70. The third-order valence-electron chi connectivity index (χ3n) is 3.28. The summed E-state index contributed by atoms with van der Waals surface area (Å²) in [6.07, 6.45) is 2.43. The second kappa shape index (κ2) is 7.41. The zero-order valence-corrected chi connectivity index (χ0v) is 13.1. The summed E-state index contributed by atoms with van der Waals surface area (Å²) in [5, 5.41) is 6.14. The summed E-state index contributed by atoms with van der Waals surface area (Å²) in [6.45, 7) is 3.53. The number of amides is 2. The highest BCUT2D eigenvalue weighted by Crippen LogP contribution is 2.36. The molecule has 2 rings (SSSR count). The van der Waals surface area contributed by atoms with E-state index in [9.17, 15) is 4.79 Å². The molecule has 0 unspecified atom stereocenters. The Morgan fingerprint density at radius 2 is 2.14 bits per heavy atom. The number of hydrogen-bond donors (Lipinski definition) is 2. The summed E-state index contributed by atoms with van der Waals surface area (Å²) in [6, 6.07) is 3.43. The molecule has 6 heteroatoms. The SMILES string of the molecule is CCOc1c(Cl)cc(CNC(=O)NCC2CC2)cc1OC. The fraction of sp³-hybridized carbons (Fsp3) is 0.533. The second-order valence-electron chi connectivity index (χ2n) is 5.05. The molecule has 0 spiro atoms. The van der Waals surface area contributed by atoms with E-state index in [1.54, 1.807) is 13.2 Å². The number of methoxy groups -OCH3 is 1. The average molecular weight is 313 g/mol. The molecule has 0 saturated heterocycles. The molecule has 1 aromatic rings. The quantitative estimate of drug-likeness (QED) is 0.814. The van der Waals surface area contributed by atoms with Crippen LogP contribution in [0.15, 0.2) is 12.1 Å². The summed E-state index contributed by atoms with van der Waals surface area (Å²) in [7, 11) is 1.56. The predicted molar refractivity (Wildman–Crippen MR) is 82.1 cm³/mol. The van der Waals surface area contributed by atoms with Gasteiger partial charge >= 0.3 is 6.03 Å². The Bertz CT molecular complexity index is 504. The van der Waals surface area contributed by atoms with Crippen LogP contribution in [0.2, 0.25) is 5.02 Å². The van der Waals surface area contributed by atoms with Crippen molar-refractivity contribution in [2.45, 2.75) is 26.3 Å². The number of rotatable bonds is 7. The van der Waals surface area contributed by atoms with E-state index in [0.717, 1.165) is 12.1 Å². The molecule has 21 heavy (non-hydrogen) atoms. The van der Waals surface area contributed by atoms with E-state index in [0.29, 0.717) is 35.6 Å². The van der Waals surface area contributed by atoms with Crippen molar-refractivity contribution in [3.05, 3.63) is 22.7 Å². The molecule has 0 aromatic heterocycles. The van der Waals surface area contributed by atoms with Gasteiger partial charge in [0, 0.05) is 13.1 Å². The summed E-state index contributed by atoms with van der Waals surface area (Å²) in [5.74, 6) is 1.76. The van der Waals surface area contributed by atoms with E-state index in [1.807, 2.05) is 13.0 Å². The molecule has 0 aliphatic heterocycles. The van der Waals surface area contributed by atoms with Gasteiger partial charge in [0.2, 0.25) is 0 Å². The van der Waals surface area contributed by atoms with Crippen LogP contribution < -0.4 is 20.1 Å². The predicted octanol–water partition coefficient (Wildman–Crippen LogP) is 2.96. The molecule has 1 fully saturated rings. The minimum Gasteiger partial charge on any atom is -0.493 e. The monoisotopic (exact) mass is 312 g/mol. The summed E-state index contributed by atoms with van der Waals surface area (Å²) >= 11 is 6.19. The number of ether oxygens (including phenoxy) is 2. The Hall–Kier alpha value is -1.62. The largest absolute Gasteiger partial charge is 0.493 e. The molecule has 1 aliphatic carbocycles. The maximum atomic E-state index is 11.6. The maximum absolute atomic E-state index is 11.6. The first kappa shape index (κ1) is 15.8. The number of urea groups is 1. The van der Waals surface area contributed by atoms with Crippen molar-refractivity contribution in [2.24, 2.45) is 5.92 Å². The topological polar surface area (TPSA) is 59.6 Å². The lowest BCUT2D eigenvalue weighted by atomic mass is 10.2. The lowest BCUT2D eigenvalue weighted by Gasteiger charge is -2.13. The Morgan fingerprint density at radius 3 is 2.76 bits per heavy atom. The molecular weight excluding hydrogens is 292 g/mol. The molecule has 116 valence electrons. The van der Waals surface area contributed by atoms with Crippen molar-refractivity contribution in [1.82, 2.24) is 10.6 Å². The lowest BCUT2D eigenvalue weighted by molar-refractivity contribution is 0.240. The highest BCUT2D eigenvalue weighted by atomic mass is 35.5. The zero-order valence-electron chi connectivity index (χ0n) is 12.4. The number of benzene rings is 1. The molecule has 2 amide bonds. The van der Waals surface area contributed by atoms with Crippen LogP contribution in [0.4, 0.5) is 4.79 Å². The molecule has 0 atom stereocenters. The number of carbonyl (C=O) groups excluding carboxylic acids is 1. The molecule has 5 nitrogen and oxygen atoms in total. The molecule has 2 N–H and O–H groups in total. The number of carbonyl (C=O) groups is 1. The van der Waals surface area contributed by atoms with Gasteiger partial charge in [-0.2, -0.15) is 0 Å². The Kier molecular flexibility index (Phi) is 5.56. The van der Waals surface area contributed by atoms with Crippen LogP contribution in [0.5, 0.6) is 11.5 Å². The number of hydrogen-bond acceptors (Lipinski definition) is 3. The second-order valence-corrected chi connectivity index (χ2v) is 5.46. The van der Waals surface area contributed by atoms with Crippen molar-refractivity contribution in [3.63, 3.8) is 0 Å². The van der Waals surface area contributed by atoms with Crippen LogP contribution in [-0.2, 0) is 6.54 Å². The van der Waals surface area contributed by atoms with Gasteiger partial charge in [0.15, 0.2) is 11.5 Å². The van der Waals surface area contributed by atoms with Crippen molar-refractivity contribution in [1.29, 1.82) is 0 Å². The number of halogens is 1. The Morgan fingerprint density at radius 1 is 1.38 bits per heavy atom. The van der Waals surface area contributed by atoms with Crippen molar-refractivity contribution >= 4 is 17.6 Å². The highest BCUT2D eigenvalue weighted by Gasteiger charge is 2.21. The summed E-state index contributed by atoms with van der Waals surface area (Å²) in [5.41, 5.74) is 0.863. The van der Waals surface area contributed by atoms with Gasteiger partial charge in [-0.1, -0.05) is 11.6 Å². The summed E-state index contributed by atoms with van der Waals surface area (Å²) < 4.78 is 10.7. The van der Waals surface area contributed by atoms with E-state index < -0.39 is 0 Å². The zero-order chi connectivity index (χ0) is 15.2. The average Bonchev–Trinajstić information content (AvgIpc) is 3.29. The van der Waals surface area contributed by atoms with Crippen molar-refractivity contribution in [3.8, 4) is 11.5 Å². The first-order valence-corrected chi connectivity index (χ1v) is 7.52. The third-order valence-corrected chi connectivity index (χ3v) is 3.56. The van der Waals surface area contributed by atoms with Gasteiger partial charge in [-0.3, -0.25) is 0 Å². The fourth-order valence-corrected chi connectivity index (χ4v) is 2.25. The smallest absolute Gasteiger partial charge is 0.315 e. The van der Waals surface area contributed by atoms with Crippen molar-refractivity contribution in [2.75, 3.05) is 20.3 Å². The highest BCUT2D eigenvalue weighted by molar-refractivity contribution is 6.32. The molecule has 0 heterocycles. The van der Waals surface area contributed by atoms with E-state index in [1.165, 1.54) is 12.8 Å². The number of nitrogens with one attached hydrogen (secondary N) is 2. The molecule has 1 aliphatic rings. The minimum absolute atomic E-state index is 0.161. The molecule has 1 aromatic carbocycles. The van der Waals surface area contributed by atoms with E-state index in [-0.39, 0.29) is 6.03 Å². The maximum Gasteiger partial charge on any atom is 0.315 e. The van der Waals surface area contributed by atoms with Gasteiger partial charge in [-0.05, 0) is 43.4 Å². The van der Waals surface area contributed by atoms with Gasteiger partial charge in [0.1, 0.15) is 0 Å². The Labute approximate surface area is 130 Å². The summed E-state index contributed by atoms with van der Waals surface area (Å²) in [4.78, 5) is 11.6. The molecule has 1 saturated carbocycles. The van der Waals surface area contributed by atoms with Crippen molar-refractivity contribution < 1.29 is 14.3 Å². The Balaban J connectivity index is 1.92. The van der Waals surface area contributed by atoms with Gasteiger partial charge in [-0.25, -0.2) is 4.79 Å². The van der Waals surface area contributed by atoms with Crippen LogP contribution in [0, 0.1) is 5.92 Å². The van der Waals surface area contributed by atoms with E-state index in [2.05, 4.69) is 10.6 Å². The first-order chi connectivity index (χ1) is 10.1. The van der Waals surface area contributed by atoms with Crippen LogP contribution in [0.3, 0.4) is 0 Å². The van der Waals surface area contributed by atoms with Crippen LogP contribution in [0.25, 0.3) is 0 Å². The first-order valence-electron chi connectivity index (χ1n) is 7.15. The molecule has 0 radical (unpaired) electrons. The van der Waals surface area contributed by atoms with Gasteiger partial charge < -0.3 is 20.1 Å². The van der Waals surface area contributed by atoms with Crippen LogP contribution in [0.1, 0.15) is 25.3 Å². The molecular formula is C15H21ClN2O3. The van der Waals surface area contributed by atoms with Crippen LogP contribution in [-0.4, -0.2) is 26.3 Å². The van der Waals surface area contributed by atoms with Gasteiger partial charge in [0.05, 0.1) is 18.7 Å². The molecule has 0 bridgehead atoms. The lowest BCUT2D eigenvalue weighted by Crippen LogP contribution is -2.36. The van der Waals surface area contributed by atoms with Crippen LogP contribution >= 0.6 is 11.6 Å².